The van der Waals surface area contributed by atoms with Crippen molar-refractivity contribution < 1.29 is 5.11 Å². The van der Waals surface area contributed by atoms with E-state index in [-0.39, 0.29) is 0 Å². The van der Waals surface area contributed by atoms with Gasteiger partial charge in [0.05, 0.1) is 5.69 Å². The SMILES string of the molecule is CC[C@@]1(O)CCc2ccc(-n3c(C)cc4cnc(Nc5ccc6c(c5)CCN(C)C6)nc43)nc21. The van der Waals surface area contributed by atoms with Crippen molar-refractivity contribution >= 4 is 22.7 Å². The molecular formula is C27H30N6O. The maximum absolute atomic E-state index is 11.1. The Balaban J connectivity index is 1.37. The minimum absolute atomic E-state index is 0.561. The summed E-state index contributed by atoms with van der Waals surface area (Å²) in [4.78, 5) is 16.7. The number of fused-ring (bicyclic) bond motifs is 3. The van der Waals surface area contributed by atoms with E-state index in [1.54, 1.807) is 0 Å². The highest BCUT2D eigenvalue weighted by atomic mass is 16.3. The van der Waals surface area contributed by atoms with Gasteiger partial charge < -0.3 is 15.3 Å². The smallest absolute Gasteiger partial charge is 0.229 e. The first-order valence-corrected chi connectivity index (χ1v) is 12.1. The van der Waals surface area contributed by atoms with Gasteiger partial charge in [-0.25, -0.2) is 9.97 Å². The lowest BCUT2D eigenvalue weighted by molar-refractivity contribution is 0.0306. The molecule has 0 amide bonds. The highest BCUT2D eigenvalue weighted by Crippen LogP contribution is 2.38. The van der Waals surface area contributed by atoms with E-state index in [9.17, 15) is 5.11 Å². The van der Waals surface area contributed by atoms with E-state index in [2.05, 4.69) is 64.1 Å². The number of benzene rings is 1. The second kappa shape index (κ2) is 7.89. The number of aromatic nitrogens is 4. The van der Waals surface area contributed by atoms with Gasteiger partial charge in [0.25, 0.3) is 0 Å². The maximum Gasteiger partial charge on any atom is 0.229 e. The Bertz CT molecular complexity index is 1410. The van der Waals surface area contributed by atoms with Crippen molar-refractivity contribution in [3.8, 4) is 5.82 Å². The van der Waals surface area contributed by atoms with Crippen molar-refractivity contribution in [2.75, 3.05) is 18.9 Å². The van der Waals surface area contributed by atoms with Crippen LogP contribution in [0.1, 0.15) is 47.8 Å². The highest BCUT2D eigenvalue weighted by molar-refractivity contribution is 5.80. The number of nitrogens with zero attached hydrogens (tertiary/aromatic N) is 5. The molecule has 0 saturated heterocycles. The molecule has 1 atom stereocenters. The standard InChI is InChI=1S/C27H30N6O/c1-4-27(34)11-9-18-6-8-23(30-24(18)27)33-17(2)13-21-15-28-26(31-25(21)33)29-22-7-5-20-16-32(3)12-10-19(20)14-22/h5-8,13-15,34H,4,9-12,16H2,1-3H3,(H,28,29,31)/t27-/m1/s1. The van der Waals surface area contributed by atoms with Gasteiger partial charge in [0.15, 0.2) is 5.65 Å². The lowest BCUT2D eigenvalue weighted by atomic mass is 9.98. The summed E-state index contributed by atoms with van der Waals surface area (Å²) in [6.45, 7) is 6.14. The van der Waals surface area contributed by atoms with Crippen LogP contribution < -0.4 is 5.32 Å². The van der Waals surface area contributed by atoms with Gasteiger partial charge in [-0.2, -0.15) is 4.98 Å². The van der Waals surface area contributed by atoms with Crippen LogP contribution >= 0.6 is 0 Å². The molecule has 3 aromatic heterocycles. The maximum atomic E-state index is 11.1. The average molecular weight is 455 g/mol. The van der Waals surface area contributed by atoms with E-state index in [0.29, 0.717) is 12.4 Å². The zero-order chi connectivity index (χ0) is 23.4. The van der Waals surface area contributed by atoms with Crippen LogP contribution in [0.5, 0.6) is 0 Å². The predicted octanol–water partition coefficient (Wildman–Crippen LogP) is 4.40. The van der Waals surface area contributed by atoms with Gasteiger partial charge in [-0.15, -0.1) is 0 Å². The van der Waals surface area contributed by atoms with Gasteiger partial charge in [0.2, 0.25) is 5.95 Å². The Labute approximate surface area is 199 Å². The number of hydrogen-bond donors (Lipinski definition) is 2. The molecule has 1 aliphatic heterocycles. The van der Waals surface area contributed by atoms with E-state index in [0.717, 1.165) is 71.8 Å². The normalized spacial score (nSPS) is 19.9. The number of hydrogen-bond acceptors (Lipinski definition) is 6. The third kappa shape index (κ3) is 3.47. The molecule has 0 unspecified atom stereocenters. The molecule has 0 radical (unpaired) electrons. The van der Waals surface area contributed by atoms with E-state index in [4.69, 9.17) is 9.97 Å². The fourth-order valence-electron chi connectivity index (χ4n) is 5.38. The summed E-state index contributed by atoms with van der Waals surface area (Å²) in [6, 6.07) is 12.7. The second-order valence-corrected chi connectivity index (χ2v) is 9.75. The van der Waals surface area contributed by atoms with Gasteiger partial charge in [-0.3, -0.25) is 4.57 Å². The molecule has 1 aromatic carbocycles. The third-order valence-corrected chi connectivity index (χ3v) is 7.42. The fourth-order valence-corrected chi connectivity index (χ4v) is 5.38. The molecule has 2 aliphatic rings. The van der Waals surface area contributed by atoms with Crippen LogP contribution in [0.25, 0.3) is 16.9 Å². The van der Waals surface area contributed by atoms with Crippen LogP contribution in [0.15, 0.2) is 42.6 Å². The van der Waals surface area contributed by atoms with Crippen LogP contribution in [0.2, 0.25) is 0 Å². The van der Waals surface area contributed by atoms with Crippen LogP contribution in [-0.2, 0) is 25.0 Å². The molecule has 0 fully saturated rings. The van der Waals surface area contributed by atoms with E-state index in [1.165, 1.54) is 11.1 Å². The molecule has 4 heterocycles. The molecule has 6 rings (SSSR count). The van der Waals surface area contributed by atoms with Crippen molar-refractivity contribution in [2.45, 2.75) is 51.7 Å². The number of anilines is 2. The summed E-state index contributed by atoms with van der Waals surface area (Å²) in [5.41, 5.74) is 6.71. The summed E-state index contributed by atoms with van der Waals surface area (Å²) in [7, 11) is 2.16. The molecule has 34 heavy (non-hydrogen) atoms. The predicted molar refractivity (Wildman–Crippen MR) is 134 cm³/mol. The topological polar surface area (TPSA) is 79.1 Å². The Morgan fingerprint density at radius 2 is 1.91 bits per heavy atom. The molecule has 7 nitrogen and oxygen atoms in total. The molecule has 4 aromatic rings. The monoisotopic (exact) mass is 454 g/mol. The summed E-state index contributed by atoms with van der Waals surface area (Å²) in [5.74, 6) is 1.34. The van der Waals surface area contributed by atoms with Gasteiger partial charge >= 0.3 is 0 Å². The van der Waals surface area contributed by atoms with Gasteiger partial charge in [0.1, 0.15) is 11.4 Å². The number of nitrogens with one attached hydrogen (secondary N) is 1. The van der Waals surface area contributed by atoms with Crippen molar-refractivity contribution in [1.29, 1.82) is 0 Å². The van der Waals surface area contributed by atoms with E-state index < -0.39 is 5.60 Å². The van der Waals surface area contributed by atoms with Gasteiger partial charge in [-0.05, 0) is 80.6 Å². The number of likely N-dealkylation sites (N-methyl/N-ethyl adjacent to an activating group) is 1. The lowest BCUT2D eigenvalue weighted by Crippen LogP contribution is -2.26. The summed E-state index contributed by atoms with van der Waals surface area (Å²) < 4.78 is 2.06. The van der Waals surface area contributed by atoms with Crippen LogP contribution in [0.4, 0.5) is 11.6 Å². The van der Waals surface area contributed by atoms with Gasteiger partial charge in [0, 0.05) is 36.1 Å². The minimum Gasteiger partial charge on any atom is -0.384 e. The van der Waals surface area contributed by atoms with E-state index in [1.807, 2.05) is 19.2 Å². The fraction of sp³-hybridized carbons (Fsp3) is 0.370. The minimum atomic E-state index is -0.842. The molecule has 0 bridgehead atoms. The molecule has 2 N–H and O–H groups in total. The van der Waals surface area contributed by atoms with Crippen LogP contribution in [-0.4, -0.2) is 43.1 Å². The van der Waals surface area contributed by atoms with Crippen molar-refractivity contribution in [2.24, 2.45) is 0 Å². The number of pyridine rings is 1. The quantitative estimate of drug-likeness (QED) is 0.476. The Kier molecular flexibility index (Phi) is 4.93. The number of aliphatic hydroxyl groups is 1. The largest absolute Gasteiger partial charge is 0.384 e. The van der Waals surface area contributed by atoms with Crippen LogP contribution in [0, 0.1) is 6.92 Å². The summed E-state index contributed by atoms with van der Waals surface area (Å²) in [6.07, 6.45) is 5.17. The lowest BCUT2D eigenvalue weighted by Gasteiger charge is -2.25. The van der Waals surface area contributed by atoms with Crippen molar-refractivity contribution in [3.05, 3.63) is 70.7 Å². The third-order valence-electron chi connectivity index (χ3n) is 7.42. The molecule has 7 heteroatoms. The zero-order valence-electron chi connectivity index (χ0n) is 20.0. The van der Waals surface area contributed by atoms with Crippen molar-refractivity contribution in [1.82, 2.24) is 24.4 Å². The Morgan fingerprint density at radius 3 is 2.76 bits per heavy atom. The molecule has 0 spiro atoms. The Hall–Kier alpha value is -3.29. The van der Waals surface area contributed by atoms with Gasteiger partial charge in [-0.1, -0.05) is 19.1 Å². The summed E-state index contributed by atoms with van der Waals surface area (Å²) in [5, 5.41) is 15.4. The number of aryl methyl sites for hydroxylation is 2. The van der Waals surface area contributed by atoms with Crippen LogP contribution in [0.3, 0.4) is 0 Å². The second-order valence-electron chi connectivity index (χ2n) is 9.75. The number of rotatable bonds is 4. The molecular weight excluding hydrogens is 424 g/mol. The first-order valence-electron chi connectivity index (χ1n) is 12.1. The molecule has 1 aliphatic carbocycles. The van der Waals surface area contributed by atoms with E-state index >= 15 is 0 Å². The summed E-state index contributed by atoms with van der Waals surface area (Å²) >= 11 is 0. The highest BCUT2D eigenvalue weighted by Gasteiger charge is 2.37. The molecule has 0 saturated carbocycles. The first kappa shape index (κ1) is 21.3. The Morgan fingerprint density at radius 1 is 1.06 bits per heavy atom. The zero-order valence-corrected chi connectivity index (χ0v) is 20.0. The average Bonchev–Trinajstić information content (AvgIpc) is 3.35. The van der Waals surface area contributed by atoms with Crippen molar-refractivity contribution in [3.63, 3.8) is 0 Å². The first-order chi connectivity index (χ1) is 16.4. The molecule has 174 valence electrons.